The number of aryl methyl sites for hydroxylation is 2. The minimum absolute atomic E-state index is 0. The third-order valence-corrected chi connectivity index (χ3v) is 6.31. The molecule has 2 saturated carbocycles. The van der Waals surface area contributed by atoms with Crippen molar-refractivity contribution in [2.75, 3.05) is 13.6 Å². The van der Waals surface area contributed by atoms with Gasteiger partial charge in [-0.05, 0) is 46.0 Å². The van der Waals surface area contributed by atoms with Crippen molar-refractivity contribution in [1.82, 2.24) is 20.9 Å². The fraction of sp³-hybridized carbons (Fsp3) is 0.737. The number of amides is 1. The first-order valence-corrected chi connectivity index (χ1v) is 10.6. The molecule has 2 aliphatic rings. The first kappa shape index (κ1) is 22.4. The van der Waals surface area contributed by atoms with E-state index in [-0.39, 0.29) is 35.8 Å². The second kappa shape index (κ2) is 10.6. The highest BCUT2D eigenvalue weighted by molar-refractivity contribution is 14.0. The van der Waals surface area contributed by atoms with Crippen LogP contribution < -0.4 is 16.0 Å². The summed E-state index contributed by atoms with van der Waals surface area (Å²) in [7, 11) is 1.80. The van der Waals surface area contributed by atoms with E-state index in [2.05, 4.69) is 32.9 Å². The first-order chi connectivity index (χ1) is 12.5. The molecule has 8 heteroatoms. The van der Waals surface area contributed by atoms with Crippen LogP contribution in [0.2, 0.25) is 0 Å². The summed E-state index contributed by atoms with van der Waals surface area (Å²) >= 11 is 1.77. The summed E-state index contributed by atoms with van der Waals surface area (Å²) in [5.74, 6) is 1.22. The maximum atomic E-state index is 12.3. The number of hydrogen-bond acceptors (Lipinski definition) is 4. The Morgan fingerprint density at radius 1 is 1.19 bits per heavy atom. The van der Waals surface area contributed by atoms with E-state index in [0.29, 0.717) is 12.1 Å². The zero-order chi connectivity index (χ0) is 18.5. The molecule has 0 saturated heterocycles. The van der Waals surface area contributed by atoms with Gasteiger partial charge in [0.15, 0.2) is 5.96 Å². The van der Waals surface area contributed by atoms with Crippen molar-refractivity contribution in [3.8, 4) is 0 Å². The minimum atomic E-state index is 0. The predicted octanol–water partition coefficient (Wildman–Crippen LogP) is 2.92. The van der Waals surface area contributed by atoms with Crippen LogP contribution in [0, 0.1) is 19.8 Å². The van der Waals surface area contributed by atoms with E-state index < -0.39 is 0 Å². The fourth-order valence-corrected chi connectivity index (χ4v) is 4.53. The summed E-state index contributed by atoms with van der Waals surface area (Å²) in [6.45, 7) is 4.95. The molecule has 27 heavy (non-hydrogen) atoms. The summed E-state index contributed by atoms with van der Waals surface area (Å²) in [5.41, 5.74) is 1.13. The van der Waals surface area contributed by atoms with E-state index in [1.54, 1.807) is 18.4 Å². The van der Waals surface area contributed by atoms with Gasteiger partial charge in [0.1, 0.15) is 0 Å². The molecule has 0 spiro atoms. The summed E-state index contributed by atoms with van der Waals surface area (Å²) in [5, 5.41) is 11.2. The second-order valence-electron chi connectivity index (χ2n) is 7.48. The summed E-state index contributed by atoms with van der Waals surface area (Å²) in [6, 6.07) is 0.765. The van der Waals surface area contributed by atoms with Crippen molar-refractivity contribution >= 4 is 47.2 Å². The Morgan fingerprint density at radius 2 is 1.96 bits per heavy atom. The van der Waals surface area contributed by atoms with Crippen LogP contribution >= 0.6 is 35.3 Å². The van der Waals surface area contributed by atoms with Gasteiger partial charge >= 0.3 is 0 Å². The average molecular weight is 505 g/mol. The number of aromatic nitrogens is 1. The molecule has 2 fully saturated rings. The maximum absolute atomic E-state index is 12.3. The van der Waals surface area contributed by atoms with Crippen LogP contribution in [-0.4, -0.2) is 42.5 Å². The van der Waals surface area contributed by atoms with E-state index in [1.807, 2.05) is 6.92 Å². The smallest absolute Gasteiger partial charge is 0.223 e. The highest BCUT2D eigenvalue weighted by atomic mass is 127. The van der Waals surface area contributed by atoms with Crippen LogP contribution in [0.1, 0.15) is 54.1 Å². The van der Waals surface area contributed by atoms with Crippen LogP contribution in [-0.2, 0) is 11.2 Å². The molecule has 1 aromatic heterocycles. The number of rotatable bonds is 6. The molecule has 6 nitrogen and oxygen atoms in total. The molecule has 3 N–H and O–H groups in total. The number of halogens is 1. The van der Waals surface area contributed by atoms with Gasteiger partial charge in [0.25, 0.3) is 0 Å². The van der Waals surface area contributed by atoms with E-state index in [1.165, 1.54) is 4.88 Å². The molecule has 2 aliphatic carbocycles. The van der Waals surface area contributed by atoms with E-state index in [9.17, 15) is 4.79 Å². The Morgan fingerprint density at radius 3 is 2.59 bits per heavy atom. The zero-order valence-corrected chi connectivity index (χ0v) is 19.7. The zero-order valence-electron chi connectivity index (χ0n) is 16.5. The second-order valence-corrected chi connectivity index (χ2v) is 8.77. The topological polar surface area (TPSA) is 78.4 Å². The standard InChI is InChI=1S/C19H31N5OS.HI/c1-12-17(26-13(2)22-12)9-10-21-19(20-3)24-16-6-4-5-14(11-16)18(25)23-15-7-8-15;/h14-16H,4-11H2,1-3H3,(H,23,25)(H2,20,21,24);1H. The third-order valence-electron chi connectivity index (χ3n) is 5.18. The van der Waals surface area contributed by atoms with Crippen LogP contribution in [0.5, 0.6) is 0 Å². The lowest BCUT2D eigenvalue weighted by Crippen LogP contribution is -2.47. The third kappa shape index (κ3) is 6.89. The van der Waals surface area contributed by atoms with Crippen molar-refractivity contribution < 1.29 is 4.79 Å². The Balaban J connectivity index is 0.00000261. The van der Waals surface area contributed by atoms with Crippen molar-refractivity contribution in [3.05, 3.63) is 15.6 Å². The van der Waals surface area contributed by atoms with Gasteiger partial charge in [0, 0.05) is 42.9 Å². The Hall–Kier alpha value is -0.900. The molecule has 0 bridgehead atoms. The Labute approximate surface area is 183 Å². The fourth-order valence-electron chi connectivity index (χ4n) is 3.59. The first-order valence-electron chi connectivity index (χ1n) is 9.75. The molecule has 1 heterocycles. The van der Waals surface area contributed by atoms with Crippen molar-refractivity contribution in [2.24, 2.45) is 10.9 Å². The number of carbonyl (C=O) groups excluding carboxylic acids is 1. The molecular weight excluding hydrogens is 473 g/mol. The van der Waals surface area contributed by atoms with Crippen LogP contribution in [0.3, 0.4) is 0 Å². The number of guanidine groups is 1. The molecule has 1 aromatic rings. The summed E-state index contributed by atoms with van der Waals surface area (Å²) in [6.07, 6.45) is 7.34. The number of thiazole rings is 1. The number of carbonyl (C=O) groups is 1. The number of nitrogens with zero attached hydrogens (tertiary/aromatic N) is 2. The average Bonchev–Trinajstić information content (AvgIpc) is 3.37. The monoisotopic (exact) mass is 505 g/mol. The summed E-state index contributed by atoms with van der Waals surface area (Å²) in [4.78, 5) is 22.5. The SMILES string of the molecule is CN=C(NCCc1sc(C)nc1C)NC1CCCC(C(=O)NC2CC2)C1.I. The Kier molecular flexibility index (Phi) is 8.78. The largest absolute Gasteiger partial charge is 0.356 e. The normalized spacial score (nSPS) is 22.7. The van der Waals surface area contributed by atoms with Crippen molar-refractivity contribution in [3.63, 3.8) is 0 Å². The van der Waals surface area contributed by atoms with Gasteiger partial charge in [-0.1, -0.05) is 6.42 Å². The molecule has 0 aliphatic heterocycles. The van der Waals surface area contributed by atoms with Gasteiger partial charge in [0.2, 0.25) is 5.91 Å². The molecule has 3 rings (SSSR count). The Bertz CT molecular complexity index is 659. The molecule has 1 amide bonds. The van der Waals surface area contributed by atoms with Crippen LogP contribution in [0.25, 0.3) is 0 Å². The lowest BCUT2D eigenvalue weighted by molar-refractivity contribution is -0.126. The van der Waals surface area contributed by atoms with Crippen LogP contribution in [0.4, 0.5) is 0 Å². The van der Waals surface area contributed by atoms with Gasteiger partial charge in [-0.15, -0.1) is 35.3 Å². The molecule has 152 valence electrons. The van der Waals surface area contributed by atoms with E-state index >= 15 is 0 Å². The molecule has 0 radical (unpaired) electrons. The molecule has 2 atom stereocenters. The van der Waals surface area contributed by atoms with Gasteiger partial charge in [-0.3, -0.25) is 9.79 Å². The summed E-state index contributed by atoms with van der Waals surface area (Å²) < 4.78 is 0. The minimum Gasteiger partial charge on any atom is -0.356 e. The van der Waals surface area contributed by atoms with Gasteiger partial charge < -0.3 is 16.0 Å². The van der Waals surface area contributed by atoms with E-state index in [0.717, 1.165) is 68.2 Å². The quantitative estimate of drug-likeness (QED) is 0.316. The molecular formula is C19H32IN5OS. The maximum Gasteiger partial charge on any atom is 0.223 e. The highest BCUT2D eigenvalue weighted by Gasteiger charge is 2.31. The number of aliphatic imine (C=N–C) groups is 1. The molecule has 2 unspecified atom stereocenters. The van der Waals surface area contributed by atoms with Gasteiger partial charge in [-0.2, -0.15) is 0 Å². The lowest BCUT2D eigenvalue weighted by atomic mass is 9.85. The predicted molar refractivity (Wildman–Crippen MR) is 122 cm³/mol. The van der Waals surface area contributed by atoms with Crippen molar-refractivity contribution in [1.29, 1.82) is 0 Å². The van der Waals surface area contributed by atoms with Gasteiger partial charge in [0.05, 0.1) is 10.7 Å². The highest BCUT2D eigenvalue weighted by Crippen LogP contribution is 2.26. The van der Waals surface area contributed by atoms with Gasteiger partial charge in [-0.25, -0.2) is 4.98 Å². The van der Waals surface area contributed by atoms with Crippen molar-refractivity contribution in [2.45, 2.75) is 70.9 Å². The van der Waals surface area contributed by atoms with E-state index in [4.69, 9.17) is 0 Å². The lowest BCUT2D eigenvalue weighted by Gasteiger charge is -2.30. The van der Waals surface area contributed by atoms with Crippen LogP contribution in [0.15, 0.2) is 4.99 Å². The number of hydrogen-bond donors (Lipinski definition) is 3. The molecule has 0 aromatic carbocycles. The number of nitrogens with one attached hydrogen (secondary N) is 3.